The van der Waals surface area contributed by atoms with E-state index in [1.807, 2.05) is 0 Å². The highest BCUT2D eigenvalue weighted by atomic mass is 19.4. The van der Waals surface area contributed by atoms with E-state index in [0.29, 0.717) is 25.1 Å². The van der Waals surface area contributed by atoms with Crippen LogP contribution in [0.25, 0.3) is 0 Å². The number of aliphatic hydroxyl groups is 1. The van der Waals surface area contributed by atoms with Gasteiger partial charge in [-0.15, -0.1) is 0 Å². The molecule has 0 saturated carbocycles. The lowest BCUT2D eigenvalue weighted by molar-refractivity contribution is -0.137. The van der Waals surface area contributed by atoms with Crippen LogP contribution in [-0.2, 0) is 6.18 Å². The molecule has 0 bridgehead atoms. The maximum absolute atomic E-state index is 12.6. The van der Waals surface area contributed by atoms with Crippen molar-refractivity contribution in [3.63, 3.8) is 0 Å². The molecular formula is C12H14F3NO. The molecule has 0 radical (unpaired) electrons. The molecule has 5 heteroatoms. The van der Waals surface area contributed by atoms with Crippen LogP contribution in [0.3, 0.4) is 0 Å². The van der Waals surface area contributed by atoms with Gasteiger partial charge in [0.1, 0.15) is 0 Å². The number of nitrogens with one attached hydrogen (secondary N) is 1. The summed E-state index contributed by atoms with van der Waals surface area (Å²) in [6.07, 6.45) is -4.33. The Kier molecular flexibility index (Phi) is 3.40. The lowest BCUT2D eigenvalue weighted by Crippen LogP contribution is -2.38. The minimum atomic E-state index is -4.33. The van der Waals surface area contributed by atoms with E-state index in [9.17, 15) is 18.3 Å². The highest BCUT2D eigenvalue weighted by molar-refractivity contribution is 5.29. The lowest BCUT2D eigenvalue weighted by atomic mass is 9.88. The molecule has 1 aromatic rings. The first kappa shape index (κ1) is 12.4. The van der Waals surface area contributed by atoms with Gasteiger partial charge < -0.3 is 10.4 Å². The quantitative estimate of drug-likeness (QED) is 0.794. The summed E-state index contributed by atoms with van der Waals surface area (Å²) in [5.74, 6) is -0.258. The van der Waals surface area contributed by atoms with E-state index >= 15 is 0 Å². The van der Waals surface area contributed by atoms with Gasteiger partial charge in [0.15, 0.2) is 0 Å². The van der Waals surface area contributed by atoms with E-state index in [0.717, 1.165) is 12.1 Å². The standard InChI is InChI=1S/C12H14F3NO/c13-12(14,15)9-3-1-2-8(6-9)10-7-16-5-4-11(10)17/h1-3,6,10-11,16-17H,4-5,7H2. The predicted octanol–water partition coefficient (Wildman–Crippen LogP) is 2.14. The summed E-state index contributed by atoms with van der Waals surface area (Å²) in [7, 11) is 0. The third kappa shape index (κ3) is 2.79. The van der Waals surface area contributed by atoms with Gasteiger partial charge in [-0.3, -0.25) is 0 Å². The topological polar surface area (TPSA) is 32.3 Å². The number of halogens is 3. The second-order valence-corrected chi connectivity index (χ2v) is 4.29. The van der Waals surface area contributed by atoms with E-state index < -0.39 is 17.8 Å². The molecule has 0 amide bonds. The van der Waals surface area contributed by atoms with Crippen LogP contribution in [0.1, 0.15) is 23.5 Å². The van der Waals surface area contributed by atoms with Crippen LogP contribution >= 0.6 is 0 Å². The van der Waals surface area contributed by atoms with Gasteiger partial charge in [-0.05, 0) is 24.6 Å². The van der Waals surface area contributed by atoms with Gasteiger partial charge >= 0.3 is 6.18 Å². The molecule has 0 aromatic heterocycles. The van der Waals surface area contributed by atoms with Crippen LogP contribution in [-0.4, -0.2) is 24.3 Å². The summed E-state index contributed by atoms with van der Waals surface area (Å²) in [5.41, 5.74) is -0.118. The molecule has 2 unspecified atom stereocenters. The average Bonchev–Trinajstić information content (AvgIpc) is 2.29. The van der Waals surface area contributed by atoms with Crippen molar-refractivity contribution in [2.75, 3.05) is 13.1 Å². The molecule has 0 aliphatic carbocycles. The highest BCUT2D eigenvalue weighted by Crippen LogP contribution is 2.32. The maximum atomic E-state index is 12.6. The average molecular weight is 245 g/mol. The third-order valence-electron chi connectivity index (χ3n) is 3.09. The van der Waals surface area contributed by atoms with Crippen LogP contribution in [0.2, 0.25) is 0 Å². The van der Waals surface area contributed by atoms with Crippen molar-refractivity contribution >= 4 is 0 Å². The molecule has 2 nitrogen and oxygen atoms in total. The summed E-state index contributed by atoms with van der Waals surface area (Å²) in [6.45, 7) is 1.22. The van der Waals surface area contributed by atoms with Crippen LogP contribution in [0.5, 0.6) is 0 Å². The SMILES string of the molecule is OC1CCNCC1c1cccc(C(F)(F)F)c1. The van der Waals surface area contributed by atoms with E-state index in [2.05, 4.69) is 5.32 Å². The second-order valence-electron chi connectivity index (χ2n) is 4.29. The number of hydrogen-bond acceptors (Lipinski definition) is 2. The van der Waals surface area contributed by atoms with E-state index in [4.69, 9.17) is 0 Å². The van der Waals surface area contributed by atoms with Gasteiger partial charge in [-0.1, -0.05) is 18.2 Å². The monoisotopic (exact) mass is 245 g/mol. The Bertz CT molecular complexity index is 392. The highest BCUT2D eigenvalue weighted by Gasteiger charge is 2.32. The van der Waals surface area contributed by atoms with Gasteiger partial charge in [0, 0.05) is 12.5 Å². The van der Waals surface area contributed by atoms with Crippen molar-refractivity contribution < 1.29 is 18.3 Å². The van der Waals surface area contributed by atoms with Crippen LogP contribution < -0.4 is 5.32 Å². The van der Waals surface area contributed by atoms with E-state index in [1.54, 1.807) is 6.07 Å². The first-order chi connectivity index (χ1) is 7.98. The van der Waals surface area contributed by atoms with Gasteiger partial charge in [0.05, 0.1) is 11.7 Å². The fourth-order valence-electron chi connectivity index (χ4n) is 2.13. The Labute approximate surface area is 97.5 Å². The zero-order valence-electron chi connectivity index (χ0n) is 9.17. The molecule has 2 rings (SSSR count). The molecule has 94 valence electrons. The van der Waals surface area contributed by atoms with Gasteiger partial charge in [0.25, 0.3) is 0 Å². The Balaban J connectivity index is 2.26. The molecule has 1 fully saturated rings. The van der Waals surface area contributed by atoms with Crippen molar-refractivity contribution in [3.05, 3.63) is 35.4 Å². The van der Waals surface area contributed by atoms with Gasteiger partial charge in [-0.25, -0.2) is 0 Å². The summed E-state index contributed by atoms with van der Waals surface area (Å²) >= 11 is 0. The van der Waals surface area contributed by atoms with E-state index in [1.165, 1.54) is 6.07 Å². The van der Waals surface area contributed by atoms with Crippen LogP contribution in [0.15, 0.2) is 24.3 Å². The third-order valence-corrected chi connectivity index (χ3v) is 3.09. The second kappa shape index (κ2) is 4.66. The van der Waals surface area contributed by atoms with Crippen molar-refractivity contribution in [3.8, 4) is 0 Å². The number of benzene rings is 1. The molecule has 2 N–H and O–H groups in total. The van der Waals surface area contributed by atoms with Crippen molar-refractivity contribution in [2.24, 2.45) is 0 Å². The first-order valence-electron chi connectivity index (χ1n) is 5.54. The Morgan fingerprint density at radius 1 is 1.29 bits per heavy atom. The largest absolute Gasteiger partial charge is 0.416 e. The predicted molar refractivity (Wildman–Crippen MR) is 57.7 cm³/mol. The molecule has 1 saturated heterocycles. The molecular weight excluding hydrogens is 231 g/mol. The molecule has 17 heavy (non-hydrogen) atoms. The summed E-state index contributed by atoms with van der Waals surface area (Å²) in [5, 5.41) is 12.9. The molecule has 1 heterocycles. The van der Waals surface area contributed by atoms with Crippen molar-refractivity contribution in [1.29, 1.82) is 0 Å². The van der Waals surface area contributed by atoms with Crippen molar-refractivity contribution in [1.82, 2.24) is 5.32 Å². The van der Waals surface area contributed by atoms with E-state index in [-0.39, 0.29) is 5.92 Å². The molecule has 2 atom stereocenters. The number of rotatable bonds is 1. The molecule has 1 aliphatic rings. The molecule has 1 aromatic carbocycles. The summed E-state index contributed by atoms with van der Waals surface area (Å²) < 4.78 is 37.7. The van der Waals surface area contributed by atoms with Crippen LogP contribution in [0.4, 0.5) is 13.2 Å². The minimum absolute atomic E-state index is 0.258. The Morgan fingerprint density at radius 3 is 2.71 bits per heavy atom. The zero-order chi connectivity index (χ0) is 12.5. The van der Waals surface area contributed by atoms with Crippen molar-refractivity contribution in [2.45, 2.75) is 24.6 Å². The smallest absolute Gasteiger partial charge is 0.392 e. The first-order valence-corrected chi connectivity index (χ1v) is 5.54. The number of hydrogen-bond donors (Lipinski definition) is 2. The zero-order valence-corrected chi connectivity index (χ0v) is 9.17. The van der Waals surface area contributed by atoms with Gasteiger partial charge in [0.2, 0.25) is 0 Å². The Morgan fingerprint density at radius 2 is 2.06 bits per heavy atom. The maximum Gasteiger partial charge on any atom is 0.416 e. The fourth-order valence-corrected chi connectivity index (χ4v) is 2.13. The normalized spacial score (nSPS) is 25.9. The lowest BCUT2D eigenvalue weighted by Gasteiger charge is -2.29. The number of piperidine rings is 1. The van der Waals surface area contributed by atoms with Crippen LogP contribution in [0, 0.1) is 0 Å². The summed E-state index contributed by atoms with van der Waals surface area (Å²) in [6, 6.07) is 5.20. The number of aliphatic hydroxyl groups excluding tert-OH is 1. The van der Waals surface area contributed by atoms with Gasteiger partial charge in [-0.2, -0.15) is 13.2 Å². The summed E-state index contributed by atoms with van der Waals surface area (Å²) in [4.78, 5) is 0. The Hall–Kier alpha value is -1.07. The minimum Gasteiger partial charge on any atom is -0.392 e. The molecule has 0 spiro atoms. The fraction of sp³-hybridized carbons (Fsp3) is 0.500. The number of alkyl halides is 3. The molecule has 1 aliphatic heterocycles.